The largest absolute Gasteiger partial charge is 0.494 e. The van der Waals surface area contributed by atoms with Gasteiger partial charge in [-0.05, 0) is 51.8 Å². The summed E-state index contributed by atoms with van der Waals surface area (Å²) in [7, 11) is 0. The molecular formula is C20H34ClN3O. The highest BCUT2D eigenvalue weighted by Gasteiger charge is 2.26. The Kier molecular flexibility index (Phi) is 8.50. The molecule has 0 aromatic heterocycles. The van der Waals surface area contributed by atoms with E-state index in [0.29, 0.717) is 6.04 Å². The standard InChI is InChI=1S/C20H33N3O.ClH/c1-3-24-20-7-5-4-6-19(20)16-22-12-13-23(17(2)14-22)15-18-8-10-21-11-9-18;/h4-7,17-18,21H,3,8-16H2,1-2H3;1H. The number of nitrogens with zero attached hydrogens (tertiary/aromatic N) is 2. The molecule has 0 bridgehead atoms. The van der Waals surface area contributed by atoms with Gasteiger partial charge in [-0.15, -0.1) is 12.4 Å². The number of hydrogen-bond acceptors (Lipinski definition) is 4. The van der Waals surface area contributed by atoms with Gasteiger partial charge >= 0.3 is 0 Å². The Morgan fingerprint density at radius 1 is 1.16 bits per heavy atom. The number of benzene rings is 1. The van der Waals surface area contributed by atoms with Gasteiger partial charge < -0.3 is 10.1 Å². The molecule has 1 unspecified atom stereocenters. The number of nitrogens with one attached hydrogen (secondary N) is 1. The molecule has 0 radical (unpaired) electrons. The Morgan fingerprint density at radius 2 is 1.92 bits per heavy atom. The second kappa shape index (κ2) is 10.4. The third-order valence-electron chi connectivity index (χ3n) is 5.47. The van der Waals surface area contributed by atoms with Crippen LogP contribution in [0.4, 0.5) is 0 Å². The number of para-hydroxylation sites is 1. The van der Waals surface area contributed by atoms with E-state index in [0.717, 1.165) is 37.9 Å². The summed E-state index contributed by atoms with van der Waals surface area (Å²) in [6, 6.07) is 9.13. The van der Waals surface area contributed by atoms with Crippen LogP contribution in [0.5, 0.6) is 5.75 Å². The lowest BCUT2D eigenvalue weighted by Crippen LogP contribution is -2.53. The Balaban J connectivity index is 0.00000225. The molecule has 2 fully saturated rings. The Morgan fingerprint density at radius 3 is 2.64 bits per heavy atom. The molecule has 0 saturated carbocycles. The first-order valence-electron chi connectivity index (χ1n) is 9.64. The zero-order valence-electron chi connectivity index (χ0n) is 15.7. The van der Waals surface area contributed by atoms with Crippen LogP contribution in [0.1, 0.15) is 32.3 Å². The molecular weight excluding hydrogens is 334 g/mol. The zero-order valence-corrected chi connectivity index (χ0v) is 16.6. The van der Waals surface area contributed by atoms with Crippen molar-refractivity contribution in [3.8, 4) is 5.75 Å². The SMILES string of the molecule is CCOc1ccccc1CN1CCN(CC2CCNCC2)C(C)C1.Cl. The quantitative estimate of drug-likeness (QED) is 0.836. The van der Waals surface area contributed by atoms with E-state index in [1.807, 2.05) is 0 Å². The maximum atomic E-state index is 5.78. The molecule has 0 aliphatic carbocycles. The van der Waals surface area contributed by atoms with Crippen LogP contribution in [0.15, 0.2) is 24.3 Å². The van der Waals surface area contributed by atoms with Gasteiger partial charge in [0, 0.05) is 44.3 Å². The van der Waals surface area contributed by atoms with Crippen LogP contribution in [0, 0.1) is 5.92 Å². The van der Waals surface area contributed by atoms with Gasteiger partial charge in [0.05, 0.1) is 6.61 Å². The normalized spacial score (nSPS) is 23.2. The van der Waals surface area contributed by atoms with Crippen molar-refractivity contribution in [2.24, 2.45) is 5.92 Å². The molecule has 2 aliphatic rings. The summed E-state index contributed by atoms with van der Waals surface area (Å²) in [5, 5.41) is 3.47. The van der Waals surface area contributed by atoms with E-state index in [2.05, 4.69) is 53.2 Å². The molecule has 3 rings (SSSR count). The topological polar surface area (TPSA) is 27.7 Å². The first-order valence-corrected chi connectivity index (χ1v) is 9.64. The molecule has 2 heterocycles. The lowest BCUT2D eigenvalue weighted by atomic mass is 9.96. The average molecular weight is 368 g/mol. The summed E-state index contributed by atoms with van der Waals surface area (Å²) in [6.07, 6.45) is 2.68. The smallest absolute Gasteiger partial charge is 0.123 e. The number of piperidine rings is 1. The van der Waals surface area contributed by atoms with Crippen molar-refractivity contribution >= 4 is 12.4 Å². The fraction of sp³-hybridized carbons (Fsp3) is 0.700. The van der Waals surface area contributed by atoms with Crippen LogP contribution < -0.4 is 10.1 Å². The van der Waals surface area contributed by atoms with Crippen LogP contribution in [0.2, 0.25) is 0 Å². The van der Waals surface area contributed by atoms with E-state index in [4.69, 9.17) is 4.74 Å². The highest BCUT2D eigenvalue weighted by Crippen LogP contribution is 2.23. The number of halogens is 1. The average Bonchev–Trinajstić information content (AvgIpc) is 2.60. The van der Waals surface area contributed by atoms with Crippen molar-refractivity contribution < 1.29 is 4.74 Å². The van der Waals surface area contributed by atoms with E-state index >= 15 is 0 Å². The van der Waals surface area contributed by atoms with Gasteiger partial charge in [0.2, 0.25) is 0 Å². The van der Waals surface area contributed by atoms with E-state index < -0.39 is 0 Å². The highest BCUT2D eigenvalue weighted by molar-refractivity contribution is 5.85. The lowest BCUT2D eigenvalue weighted by molar-refractivity contribution is 0.0615. The fourth-order valence-electron chi connectivity index (χ4n) is 4.05. The monoisotopic (exact) mass is 367 g/mol. The van der Waals surface area contributed by atoms with Crippen LogP contribution >= 0.6 is 12.4 Å². The van der Waals surface area contributed by atoms with Crippen molar-refractivity contribution in [1.29, 1.82) is 0 Å². The first-order chi connectivity index (χ1) is 11.8. The molecule has 0 amide bonds. The van der Waals surface area contributed by atoms with Crippen LogP contribution in [0.3, 0.4) is 0 Å². The van der Waals surface area contributed by atoms with Crippen molar-refractivity contribution in [3.05, 3.63) is 29.8 Å². The highest BCUT2D eigenvalue weighted by atomic mass is 35.5. The maximum absolute atomic E-state index is 5.78. The number of rotatable bonds is 6. The Bertz CT molecular complexity index is 507. The molecule has 0 spiro atoms. The molecule has 2 aliphatic heterocycles. The molecule has 25 heavy (non-hydrogen) atoms. The van der Waals surface area contributed by atoms with Gasteiger partial charge in [-0.2, -0.15) is 0 Å². The summed E-state index contributed by atoms with van der Waals surface area (Å²) in [4.78, 5) is 5.29. The summed E-state index contributed by atoms with van der Waals surface area (Å²) >= 11 is 0. The predicted octanol–water partition coefficient (Wildman–Crippen LogP) is 3.01. The minimum absolute atomic E-state index is 0. The molecule has 1 atom stereocenters. The number of hydrogen-bond donors (Lipinski definition) is 1. The van der Waals surface area contributed by atoms with Gasteiger partial charge in [0.25, 0.3) is 0 Å². The Labute approximate surface area is 159 Å². The van der Waals surface area contributed by atoms with Gasteiger partial charge in [-0.25, -0.2) is 0 Å². The van der Waals surface area contributed by atoms with Crippen molar-refractivity contribution in [3.63, 3.8) is 0 Å². The lowest BCUT2D eigenvalue weighted by Gasteiger charge is -2.42. The van der Waals surface area contributed by atoms with E-state index in [1.165, 1.54) is 44.6 Å². The van der Waals surface area contributed by atoms with Crippen LogP contribution in [-0.2, 0) is 6.54 Å². The van der Waals surface area contributed by atoms with E-state index in [9.17, 15) is 0 Å². The summed E-state index contributed by atoms with van der Waals surface area (Å²) in [5.74, 6) is 1.93. The summed E-state index contributed by atoms with van der Waals surface area (Å²) < 4.78 is 5.78. The minimum Gasteiger partial charge on any atom is -0.494 e. The molecule has 142 valence electrons. The third kappa shape index (κ3) is 5.85. The zero-order chi connectivity index (χ0) is 16.8. The van der Waals surface area contributed by atoms with Crippen molar-refractivity contribution in [2.45, 2.75) is 39.3 Å². The molecule has 5 heteroatoms. The number of ether oxygens (including phenoxy) is 1. The second-order valence-corrected chi connectivity index (χ2v) is 7.31. The minimum atomic E-state index is 0. The predicted molar refractivity (Wildman–Crippen MR) is 107 cm³/mol. The van der Waals surface area contributed by atoms with Gasteiger partial charge in [0.1, 0.15) is 5.75 Å². The third-order valence-corrected chi connectivity index (χ3v) is 5.47. The van der Waals surface area contributed by atoms with Crippen LogP contribution in [-0.4, -0.2) is 61.7 Å². The molecule has 1 aromatic carbocycles. The fourth-order valence-corrected chi connectivity index (χ4v) is 4.05. The maximum Gasteiger partial charge on any atom is 0.123 e. The van der Waals surface area contributed by atoms with Gasteiger partial charge in [0.15, 0.2) is 0 Å². The van der Waals surface area contributed by atoms with Crippen molar-refractivity contribution in [2.75, 3.05) is 45.9 Å². The molecule has 1 aromatic rings. The summed E-state index contributed by atoms with van der Waals surface area (Å²) in [5.41, 5.74) is 1.32. The van der Waals surface area contributed by atoms with E-state index in [1.54, 1.807) is 0 Å². The van der Waals surface area contributed by atoms with E-state index in [-0.39, 0.29) is 12.4 Å². The Hall–Kier alpha value is -0.810. The van der Waals surface area contributed by atoms with Gasteiger partial charge in [-0.1, -0.05) is 18.2 Å². The van der Waals surface area contributed by atoms with Gasteiger partial charge in [-0.3, -0.25) is 9.80 Å². The van der Waals surface area contributed by atoms with Crippen molar-refractivity contribution in [1.82, 2.24) is 15.1 Å². The molecule has 1 N–H and O–H groups in total. The summed E-state index contributed by atoms with van der Waals surface area (Å²) in [6.45, 7) is 13.4. The second-order valence-electron chi connectivity index (χ2n) is 7.31. The number of piperazine rings is 1. The molecule has 4 nitrogen and oxygen atoms in total. The van der Waals surface area contributed by atoms with Crippen LogP contribution in [0.25, 0.3) is 0 Å². The molecule has 2 saturated heterocycles. The first kappa shape index (κ1) is 20.5.